The van der Waals surface area contributed by atoms with Crippen molar-refractivity contribution in [3.05, 3.63) is 45.6 Å². The van der Waals surface area contributed by atoms with Crippen LogP contribution in [0.2, 0.25) is 0 Å². The second-order valence-electron chi connectivity index (χ2n) is 5.89. The van der Waals surface area contributed by atoms with Crippen LogP contribution in [0.1, 0.15) is 19.4 Å². The Kier molecular flexibility index (Phi) is 5.24. The van der Waals surface area contributed by atoms with Crippen molar-refractivity contribution in [2.45, 2.75) is 32.0 Å². The van der Waals surface area contributed by atoms with Gasteiger partial charge in [0.1, 0.15) is 4.83 Å². The Hall–Kier alpha value is -2.12. The quantitative estimate of drug-likeness (QED) is 0.415. The second-order valence-corrected chi connectivity index (χ2v) is 7.72. The molecule has 0 atom stereocenters. The molecule has 2 aromatic heterocycles. The molecule has 7 heteroatoms. The molecule has 0 radical (unpaired) electrons. The first kappa shape index (κ1) is 17.7. The molecule has 5 nitrogen and oxygen atoms in total. The van der Waals surface area contributed by atoms with Crippen LogP contribution < -0.4 is 5.56 Å². The lowest BCUT2D eigenvalue weighted by Gasteiger charge is -2.07. The van der Waals surface area contributed by atoms with E-state index < -0.39 is 0 Å². The molecular formula is C18H18N2O3S2. The van der Waals surface area contributed by atoms with Crippen molar-refractivity contribution in [3.8, 4) is 11.1 Å². The highest BCUT2D eigenvalue weighted by Crippen LogP contribution is 2.31. The maximum atomic E-state index is 12.5. The number of ether oxygens (including phenoxy) is 1. The summed E-state index contributed by atoms with van der Waals surface area (Å²) in [7, 11) is 0. The number of hydrogen-bond donors (Lipinski definition) is 1. The molecule has 0 aliphatic carbocycles. The zero-order chi connectivity index (χ0) is 18.0. The van der Waals surface area contributed by atoms with Gasteiger partial charge in [0.05, 0.1) is 17.2 Å². The lowest BCUT2D eigenvalue weighted by Crippen LogP contribution is -2.14. The van der Waals surface area contributed by atoms with Gasteiger partial charge in [-0.05, 0) is 26.3 Å². The lowest BCUT2D eigenvalue weighted by molar-refractivity contribution is -0.144. The highest BCUT2D eigenvalue weighted by atomic mass is 32.2. The van der Waals surface area contributed by atoms with E-state index in [0.29, 0.717) is 15.4 Å². The van der Waals surface area contributed by atoms with Crippen LogP contribution in [0, 0.1) is 6.92 Å². The van der Waals surface area contributed by atoms with Crippen molar-refractivity contribution in [2.24, 2.45) is 0 Å². The normalized spacial score (nSPS) is 11.2. The number of esters is 1. The molecule has 0 unspecified atom stereocenters. The minimum absolute atomic E-state index is 0.114. The fourth-order valence-corrected chi connectivity index (χ4v) is 4.02. The van der Waals surface area contributed by atoms with Crippen LogP contribution >= 0.6 is 23.1 Å². The third-order valence-corrected chi connectivity index (χ3v) is 5.20. The number of thioether (sulfide) groups is 1. The SMILES string of the molecule is Cc1ccc(-c2csc3nc(SCC(=O)OC(C)C)[nH]c(=O)c23)cc1. The zero-order valence-corrected chi connectivity index (χ0v) is 15.8. The van der Waals surface area contributed by atoms with E-state index in [-0.39, 0.29) is 23.4 Å². The zero-order valence-electron chi connectivity index (χ0n) is 14.2. The number of nitrogens with zero attached hydrogens (tertiary/aromatic N) is 1. The lowest BCUT2D eigenvalue weighted by atomic mass is 10.1. The fourth-order valence-electron chi connectivity index (χ4n) is 2.37. The van der Waals surface area contributed by atoms with Crippen LogP contribution in [0.5, 0.6) is 0 Å². The van der Waals surface area contributed by atoms with Gasteiger partial charge in [-0.1, -0.05) is 41.6 Å². The molecule has 25 heavy (non-hydrogen) atoms. The minimum atomic E-state index is -0.325. The molecule has 3 aromatic rings. The third-order valence-electron chi connectivity index (χ3n) is 3.48. The summed E-state index contributed by atoms with van der Waals surface area (Å²) in [6.07, 6.45) is -0.156. The van der Waals surface area contributed by atoms with Crippen molar-refractivity contribution < 1.29 is 9.53 Å². The summed E-state index contributed by atoms with van der Waals surface area (Å²) in [5.74, 6) is -0.211. The molecule has 3 rings (SSSR count). The number of thiophene rings is 1. The summed E-state index contributed by atoms with van der Waals surface area (Å²) in [5, 5.41) is 2.96. The molecule has 1 N–H and O–H groups in total. The van der Waals surface area contributed by atoms with Crippen LogP contribution in [0.3, 0.4) is 0 Å². The number of benzene rings is 1. The molecule has 0 saturated heterocycles. The molecule has 130 valence electrons. The average Bonchev–Trinajstić information content (AvgIpc) is 2.97. The van der Waals surface area contributed by atoms with Gasteiger partial charge in [-0.15, -0.1) is 11.3 Å². The summed E-state index contributed by atoms with van der Waals surface area (Å²) >= 11 is 2.60. The third kappa shape index (κ3) is 4.11. The Labute approximate surface area is 153 Å². The van der Waals surface area contributed by atoms with E-state index >= 15 is 0 Å². The number of aryl methyl sites for hydroxylation is 1. The molecule has 0 amide bonds. The first-order valence-electron chi connectivity index (χ1n) is 7.85. The van der Waals surface area contributed by atoms with Gasteiger partial charge in [0.15, 0.2) is 5.16 Å². The van der Waals surface area contributed by atoms with E-state index in [4.69, 9.17) is 4.74 Å². The number of hydrogen-bond acceptors (Lipinski definition) is 6. The summed E-state index contributed by atoms with van der Waals surface area (Å²) in [4.78, 5) is 32.1. The highest BCUT2D eigenvalue weighted by Gasteiger charge is 2.14. The van der Waals surface area contributed by atoms with E-state index in [0.717, 1.165) is 11.1 Å². The van der Waals surface area contributed by atoms with E-state index in [1.165, 1.54) is 28.7 Å². The first-order chi connectivity index (χ1) is 11.9. The molecule has 1 aromatic carbocycles. The summed E-state index contributed by atoms with van der Waals surface area (Å²) in [6, 6.07) is 8.04. The van der Waals surface area contributed by atoms with Crippen molar-refractivity contribution in [1.29, 1.82) is 0 Å². The summed E-state index contributed by atoms with van der Waals surface area (Å²) in [5.41, 5.74) is 2.85. The number of nitrogens with one attached hydrogen (secondary N) is 1. The van der Waals surface area contributed by atoms with Crippen molar-refractivity contribution in [2.75, 3.05) is 5.75 Å². The van der Waals surface area contributed by atoms with Crippen molar-refractivity contribution in [1.82, 2.24) is 9.97 Å². The molecule has 0 fully saturated rings. The number of aromatic amines is 1. The van der Waals surface area contributed by atoms with Crippen LogP contribution in [0.15, 0.2) is 39.6 Å². The molecule has 2 heterocycles. The van der Waals surface area contributed by atoms with Gasteiger partial charge >= 0.3 is 5.97 Å². The van der Waals surface area contributed by atoms with Crippen LogP contribution in [-0.2, 0) is 9.53 Å². The summed E-state index contributed by atoms with van der Waals surface area (Å²) < 4.78 is 5.08. The van der Waals surface area contributed by atoms with E-state index in [1.54, 1.807) is 13.8 Å². The molecule has 0 spiro atoms. The maximum Gasteiger partial charge on any atom is 0.316 e. The number of carbonyl (C=O) groups is 1. The van der Waals surface area contributed by atoms with Crippen molar-refractivity contribution >= 4 is 39.3 Å². The fraction of sp³-hybridized carbons (Fsp3) is 0.278. The van der Waals surface area contributed by atoms with Gasteiger partial charge in [-0.3, -0.25) is 9.59 Å². The Balaban J connectivity index is 1.88. The molecule has 0 aliphatic heterocycles. The highest BCUT2D eigenvalue weighted by molar-refractivity contribution is 7.99. The topological polar surface area (TPSA) is 72.0 Å². The monoisotopic (exact) mass is 374 g/mol. The predicted molar refractivity (Wildman–Crippen MR) is 102 cm³/mol. The Morgan fingerprint density at radius 1 is 1.32 bits per heavy atom. The molecular weight excluding hydrogens is 356 g/mol. The second kappa shape index (κ2) is 7.41. The summed E-state index contributed by atoms with van der Waals surface area (Å²) in [6.45, 7) is 5.62. The predicted octanol–water partition coefficient (Wildman–Crippen LogP) is 4.00. The molecule has 0 aliphatic rings. The van der Waals surface area contributed by atoms with Gasteiger partial charge in [0, 0.05) is 10.9 Å². The van der Waals surface area contributed by atoms with Gasteiger partial charge in [0.2, 0.25) is 0 Å². The molecule has 0 saturated carbocycles. The standard InChI is InChI=1S/C18H18N2O3S2/c1-10(2)23-14(21)9-25-18-19-16(22)15-13(8-24-17(15)20-18)12-6-4-11(3)5-7-12/h4-8,10H,9H2,1-3H3,(H,19,20,22). The smallest absolute Gasteiger partial charge is 0.316 e. The maximum absolute atomic E-state index is 12.5. The van der Waals surface area contributed by atoms with Crippen molar-refractivity contribution in [3.63, 3.8) is 0 Å². The van der Waals surface area contributed by atoms with Crippen LogP contribution in [-0.4, -0.2) is 27.8 Å². The van der Waals surface area contributed by atoms with Crippen LogP contribution in [0.25, 0.3) is 21.3 Å². The van der Waals surface area contributed by atoms with Gasteiger partial charge in [-0.25, -0.2) is 4.98 Å². The Bertz CT molecular complexity index is 959. The van der Waals surface area contributed by atoms with Gasteiger partial charge in [-0.2, -0.15) is 0 Å². The average molecular weight is 374 g/mol. The number of H-pyrrole nitrogens is 1. The van der Waals surface area contributed by atoms with Crippen LogP contribution in [0.4, 0.5) is 0 Å². The molecule has 0 bridgehead atoms. The number of rotatable bonds is 5. The van der Waals surface area contributed by atoms with Gasteiger partial charge in [0.25, 0.3) is 5.56 Å². The van der Waals surface area contributed by atoms with Gasteiger partial charge < -0.3 is 9.72 Å². The Morgan fingerprint density at radius 2 is 2.04 bits per heavy atom. The minimum Gasteiger partial charge on any atom is -0.462 e. The van der Waals surface area contributed by atoms with E-state index in [1.807, 2.05) is 36.6 Å². The van der Waals surface area contributed by atoms with E-state index in [9.17, 15) is 9.59 Å². The largest absolute Gasteiger partial charge is 0.462 e. The van der Waals surface area contributed by atoms with E-state index in [2.05, 4.69) is 9.97 Å². The number of fused-ring (bicyclic) bond motifs is 1. The first-order valence-corrected chi connectivity index (χ1v) is 9.71. The Morgan fingerprint density at radius 3 is 2.72 bits per heavy atom. The number of carbonyl (C=O) groups excluding carboxylic acids is 1. The number of aromatic nitrogens is 2.